The molecule has 0 saturated carbocycles. The molecule has 9 nitrogen and oxygen atoms in total. The molecule has 2 N–H and O–H groups in total. The molecule has 2 aromatic carbocycles. The second-order valence-corrected chi connectivity index (χ2v) is 10.2. The quantitative estimate of drug-likeness (QED) is 0.317. The molecular formula is C30H44ClN3O6. The molecule has 2 aromatic rings. The first kappa shape index (κ1) is 33.2. The summed E-state index contributed by atoms with van der Waals surface area (Å²) in [4.78, 5) is 29.2. The lowest BCUT2D eigenvalue weighted by atomic mass is 9.92. The Bertz CT molecular complexity index is 1050. The van der Waals surface area contributed by atoms with Gasteiger partial charge in [0.25, 0.3) is 5.91 Å². The number of amides is 2. The predicted octanol–water partition coefficient (Wildman–Crippen LogP) is 4.58. The summed E-state index contributed by atoms with van der Waals surface area (Å²) in [5, 5.41) is 13.3. The van der Waals surface area contributed by atoms with Gasteiger partial charge in [-0.3, -0.25) is 4.79 Å². The fraction of sp³-hybridized carbons (Fsp3) is 0.533. The smallest absolute Gasteiger partial charge is 0.407 e. The van der Waals surface area contributed by atoms with Crippen LogP contribution in [-0.4, -0.2) is 92.6 Å². The highest BCUT2D eigenvalue weighted by Crippen LogP contribution is 2.30. The van der Waals surface area contributed by atoms with Gasteiger partial charge in [-0.2, -0.15) is 0 Å². The highest BCUT2D eigenvalue weighted by Gasteiger charge is 2.33. The lowest BCUT2D eigenvalue weighted by Gasteiger charge is -2.41. The van der Waals surface area contributed by atoms with Crippen molar-refractivity contribution in [3.8, 4) is 11.5 Å². The van der Waals surface area contributed by atoms with Gasteiger partial charge >= 0.3 is 6.09 Å². The number of rotatable bonds is 14. The van der Waals surface area contributed by atoms with Gasteiger partial charge in [0, 0.05) is 57.4 Å². The van der Waals surface area contributed by atoms with Crippen LogP contribution in [0.3, 0.4) is 0 Å². The van der Waals surface area contributed by atoms with E-state index in [1.807, 2.05) is 49.1 Å². The van der Waals surface area contributed by atoms with Gasteiger partial charge in [0.05, 0.1) is 13.7 Å². The van der Waals surface area contributed by atoms with E-state index in [9.17, 15) is 14.7 Å². The molecular weight excluding hydrogens is 534 g/mol. The monoisotopic (exact) mass is 577 g/mol. The lowest BCUT2D eigenvalue weighted by molar-refractivity contribution is 0.0513. The number of hydrogen-bond donors (Lipinski definition) is 2. The number of carbonyl (C=O) groups is 2. The summed E-state index contributed by atoms with van der Waals surface area (Å²) in [6, 6.07) is 15.1. The Morgan fingerprint density at radius 3 is 2.45 bits per heavy atom. The highest BCUT2D eigenvalue weighted by molar-refractivity contribution is 5.95. The minimum Gasteiger partial charge on any atom is -0.493 e. The van der Waals surface area contributed by atoms with E-state index in [0.717, 1.165) is 18.4 Å². The zero-order valence-electron chi connectivity index (χ0n) is 24.0. The Morgan fingerprint density at radius 2 is 1.80 bits per heavy atom. The van der Waals surface area contributed by atoms with E-state index in [1.165, 1.54) is 4.90 Å². The Kier molecular flexibility index (Phi) is 14.1. The molecule has 0 bridgehead atoms. The number of nitrogens with zero attached hydrogens (tertiary/aromatic N) is 2. The number of halogens is 1. The number of hydrogen-bond acceptors (Lipinski definition) is 6. The van der Waals surface area contributed by atoms with E-state index < -0.39 is 6.09 Å². The molecule has 0 radical (unpaired) electrons. The minimum atomic E-state index is -0.916. The summed E-state index contributed by atoms with van der Waals surface area (Å²) in [7, 11) is 3.22. The zero-order valence-corrected chi connectivity index (χ0v) is 24.8. The van der Waals surface area contributed by atoms with Gasteiger partial charge < -0.3 is 34.4 Å². The van der Waals surface area contributed by atoms with Crippen molar-refractivity contribution in [2.24, 2.45) is 5.92 Å². The molecule has 0 aliphatic carbocycles. The molecule has 40 heavy (non-hydrogen) atoms. The van der Waals surface area contributed by atoms with Gasteiger partial charge in [0.1, 0.15) is 0 Å². The standard InChI is InChI=1S/C30H43N3O6.ClH/c1-22(2)33(29(34)25-11-12-27(38-4)28(18-25)39-16-8-15-37-3)26-17-24(19-31-20-26)21-32(30(35)36)14-13-23-9-6-5-7-10-23;/h5-7,9-12,18,22,24,26,31H,8,13-17,19-21H2,1-4H3,(H,35,36);1H/t24-,26+;/m0./s1. The largest absolute Gasteiger partial charge is 0.493 e. The van der Waals surface area contributed by atoms with Crippen LogP contribution in [0.1, 0.15) is 42.6 Å². The SMILES string of the molecule is COCCCOc1cc(C(=O)N(C(C)C)[C@H]2CNC[C@@H](CN(CCc3ccccc3)C(=O)O)C2)ccc1OC.Cl. The predicted molar refractivity (Wildman–Crippen MR) is 158 cm³/mol. The molecule has 1 saturated heterocycles. The van der Waals surface area contributed by atoms with Crippen molar-refractivity contribution < 1.29 is 28.9 Å². The molecule has 3 rings (SSSR count). The number of benzene rings is 2. The zero-order chi connectivity index (χ0) is 28.2. The van der Waals surface area contributed by atoms with Gasteiger partial charge in [-0.05, 0) is 62.9 Å². The summed E-state index contributed by atoms with van der Waals surface area (Å²) >= 11 is 0. The van der Waals surface area contributed by atoms with Gasteiger partial charge in [0.2, 0.25) is 0 Å². The van der Waals surface area contributed by atoms with Gasteiger partial charge in [-0.1, -0.05) is 30.3 Å². The van der Waals surface area contributed by atoms with Crippen LogP contribution in [0.4, 0.5) is 4.79 Å². The van der Waals surface area contributed by atoms with Crippen molar-refractivity contribution in [3.05, 3.63) is 59.7 Å². The van der Waals surface area contributed by atoms with E-state index in [4.69, 9.17) is 14.2 Å². The van der Waals surface area contributed by atoms with Crippen molar-refractivity contribution in [2.75, 3.05) is 53.6 Å². The fourth-order valence-electron chi connectivity index (χ4n) is 5.12. The number of methoxy groups -OCH3 is 2. The molecule has 2 atom stereocenters. The summed E-state index contributed by atoms with van der Waals surface area (Å²) in [5.74, 6) is 1.11. The normalized spacial score (nSPS) is 16.6. The van der Waals surface area contributed by atoms with Crippen LogP contribution in [-0.2, 0) is 11.2 Å². The molecule has 2 amide bonds. The first-order valence-electron chi connectivity index (χ1n) is 13.7. The number of piperidine rings is 1. The summed E-state index contributed by atoms with van der Waals surface area (Å²) in [6.45, 7) is 7.30. The van der Waals surface area contributed by atoms with Gasteiger partial charge in [-0.25, -0.2) is 4.79 Å². The second-order valence-electron chi connectivity index (χ2n) is 10.2. The maximum absolute atomic E-state index is 13.8. The van der Waals surface area contributed by atoms with Gasteiger partial charge in [-0.15, -0.1) is 12.4 Å². The van der Waals surface area contributed by atoms with Crippen molar-refractivity contribution in [3.63, 3.8) is 0 Å². The van der Waals surface area contributed by atoms with Crippen molar-refractivity contribution >= 4 is 24.4 Å². The lowest BCUT2D eigenvalue weighted by Crippen LogP contribution is -2.55. The van der Waals surface area contributed by atoms with Crippen LogP contribution in [0.15, 0.2) is 48.5 Å². The minimum absolute atomic E-state index is 0. The first-order valence-corrected chi connectivity index (χ1v) is 13.7. The Balaban J connectivity index is 0.00000560. The molecule has 0 unspecified atom stereocenters. The molecule has 1 fully saturated rings. The molecule has 1 heterocycles. The van der Waals surface area contributed by atoms with Crippen LogP contribution in [0.5, 0.6) is 11.5 Å². The summed E-state index contributed by atoms with van der Waals surface area (Å²) in [6.07, 6.45) is 1.20. The van der Waals surface area contributed by atoms with E-state index >= 15 is 0 Å². The van der Waals surface area contributed by atoms with Crippen LogP contribution >= 0.6 is 12.4 Å². The van der Waals surface area contributed by atoms with Crippen molar-refractivity contribution in [1.29, 1.82) is 0 Å². The Labute approximate surface area is 244 Å². The third-order valence-corrected chi connectivity index (χ3v) is 7.03. The third kappa shape index (κ3) is 9.57. The molecule has 1 aliphatic rings. The van der Waals surface area contributed by atoms with E-state index in [0.29, 0.717) is 62.9 Å². The Hall–Kier alpha value is -3.01. The number of carboxylic acid groups (broad SMARTS) is 1. The van der Waals surface area contributed by atoms with Crippen LogP contribution in [0.25, 0.3) is 0 Å². The molecule has 10 heteroatoms. The third-order valence-electron chi connectivity index (χ3n) is 7.03. The van der Waals surface area contributed by atoms with E-state index in [2.05, 4.69) is 5.32 Å². The second kappa shape index (κ2) is 16.9. The maximum Gasteiger partial charge on any atom is 0.407 e. The van der Waals surface area contributed by atoms with Crippen LogP contribution in [0, 0.1) is 5.92 Å². The Morgan fingerprint density at radius 1 is 1.05 bits per heavy atom. The van der Waals surface area contributed by atoms with Crippen molar-refractivity contribution in [2.45, 2.75) is 45.2 Å². The number of ether oxygens (including phenoxy) is 3. The van der Waals surface area contributed by atoms with Crippen LogP contribution in [0.2, 0.25) is 0 Å². The van der Waals surface area contributed by atoms with Crippen LogP contribution < -0.4 is 14.8 Å². The molecule has 1 aliphatic heterocycles. The van der Waals surface area contributed by atoms with Crippen molar-refractivity contribution in [1.82, 2.24) is 15.1 Å². The molecule has 222 valence electrons. The first-order chi connectivity index (χ1) is 18.8. The summed E-state index contributed by atoms with van der Waals surface area (Å²) in [5.41, 5.74) is 1.64. The maximum atomic E-state index is 13.8. The summed E-state index contributed by atoms with van der Waals surface area (Å²) < 4.78 is 16.4. The van der Waals surface area contributed by atoms with E-state index in [1.54, 1.807) is 32.4 Å². The topological polar surface area (TPSA) is 101 Å². The molecule has 0 spiro atoms. The number of nitrogens with one attached hydrogen (secondary N) is 1. The average Bonchev–Trinajstić information content (AvgIpc) is 2.93. The van der Waals surface area contributed by atoms with E-state index in [-0.39, 0.29) is 36.3 Å². The average molecular weight is 578 g/mol. The highest BCUT2D eigenvalue weighted by atomic mass is 35.5. The van der Waals surface area contributed by atoms with Gasteiger partial charge in [0.15, 0.2) is 11.5 Å². The fourth-order valence-corrected chi connectivity index (χ4v) is 5.12. The molecule has 0 aromatic heterocycles. The number of carbonyl (C=O) groups excluding carboxylic acids is 1.